The molecule has 0 radical (unpaired) electrons. The molecule has 3 N–H and O–H groups in total. The molecule has 1 aliphatic rings. The monoisotopic (exact) mass is 471 g/mol. The van der Waals surface area contributed by atoms with Crippen LogP contribution in [0.4, 0.5) is 0 Å². The zero-order valence-electron chi connectivity index (χ0n) is 19.7. The van der Waals surface area contributed by atoms with E-state index in [1.165, 1.54) is 0 Å². The second kappa shape index (κ2) is 10.6. The average Bonchev–Trinajstić information content (AvgIpc) is 3.18. The van der Waals surface area contributed by atoms with Gasteiger partial charge in [-0.05, 0) is 29.9 Å². The number of benzene rings is 1. The van der Waals surface area contributed by atoms with Crippen molar-refractivity contribution in [1.29, 1.82) is 0 Å². The van der Waals surface area contributed by atoms with Crippen molar-refractivity contribution in [2.24, 2.45) is 17.3 Å². The van der Waals surface area contributed by atoms with Crippen LogP contribution < -0.4 is 10.6 Å². The molecule has 1 aromatic carbocycles. The molecule has 0 bridgehead atoms. The molecule has 3 atom stereocenters. The van der Waals surface area contributed by atoms with Crippen LogP contribution in [0.2, 0.25) is 0 Å². The molecular formula is C25H33N3O4S. The van der Waals surface area contributed by atoms with Gasteiger partial charge >= 0.3 is 0 Å². The number of carbonyl (C=O) groups excluding carboxylic acids is 3. The Kier molecular flexibility index (Phi) is 8.02. The topological polar surface area (TPSA) is 108 Å². The van der Waals surface area contributed by atoms with Gasteiger partial charge < -0.3 is 15.7 Å². The number of carbonyl (C=O) groups is 3. The summed E-state index contributed by atoms with van der Waals surface area (Å²) in [5.41, 5.74) is 4.49. The second-order valence-electron chi connectivity index (χ2n) is 9.89. The molecule has 1 saturated heterocycles. The number of thiazole rings is 1. The molecule has 8 heteroatoms. The molecule has 0 spiro atoms. The third kappa shape index (κ3) is 6.48. The van der Waals surface area contributed by atoms with E-state index >= 15 is 0 Å². The Balaban J connectivity index is 1.77. The van der Waals surface area contributed by atoms with Crippen LogP contribution in [0.3, 0.4) is 0 Å². The first-order valence-electron chi connectivity index (χ1n) is 11.3. The smallest absolute Gasteiger partial charge is 0.224 e. The molecule has 2 amide bonds. The average molecular weight is 472 g/mol. The highest BCUT2D eigenvalue weighted by Crippen LogP contribution is 2.31. The number of nitrogens with one attached hydrogen (secondary N) is 2. The Bertz CT molecular complexity index is 994. The SMILES string of the molecule is Cc1ncsc1-c1ccc(C(CCO)NC(=O)C2CC(=O)NCC2C(=O)CC(C)(C)C)cc1. The molecule has 2 heterocycles. The summed E-state index contributed by atoms with van der Waals surface area (Å²) < 4.78 is 0. The lowest BCUT2D eigenvalue weighted by atomic mass is 9.77. The van der Waals surface area contributed by atoms with Gasteiger partial charge in [0.2, 0.25) is 11.8 Å². The zero-order chi connectivity index (χ0) is 24.2. The minimum absolute atomic E-state index is 0.00867. The second-order valence-corrected chi connectivity index (χ2v) is 10.7. The van der Waals surface area contributed by atoms with Gasteiger partial charge in [0.15, 0.2) is 0 Å². The van der Waals surface area contributed by atoms with Gasteiger partial charge in [-0.25, -0.2) is 4.98 Å². The van der Waals surface area contributed by atoms with E-state index in [9.17, 15) is 19.5 Å². The number of Topliss-reactive ketones (excluding diaryl/α,β-unsaturated/α-hetero) is 1. The molecule has 2 aromatic rings. The number of aliphatic hydroxyl groups excluding tert-OH is 1. The van der Waals surface area contributed by atoms with Crippen LogP contribution in [0.5, 0.6) is 0 Å². The fourth-order valence-corrected chi connectivity index (χ4v) is 5.04. The van der Waals surface area contributed by atoms with Crippen molar-refractivity contribution in [3.63, 3.8) is 0 Å². The minimum atomic E-state index is -0.714. The summed E-state index contributed by atoms with van der Waals surface area (Å²) in [4.78, 5) is 43.6. The van der Waals surface area contributed by atoms with E-state index in [4.69, 9.17) is 0 Å². The van der Waals surface area contributed by atoms with Crippen LogP contribution in [0.25, 0.3) is 10.4 Å². The maximum Gasteiger partial charge on any atom is 0.224 e. The lowest BCUT2D eigenvalue weighted by Crippen LogP contribution is -2.50. The summed E-state index contributed by atoms with van der Waals surface area (Å²) in [7, 11) is 0. The van der Waals surface area contributed by atoms with Gasteiger partial charge in [-0.15, -0.1) is 11.3 Å². The number of nitrogens with zero attached hydrogens (tertiary/aromatic N) is 1. The van der Waals surface area contributed by atoms with Crippen molar-refractivity contribution in [3.05, 3.63) is 41.0 Å². The first-order valence-corrected chi connectivity index (χ1v) is 12.2. The van der Waals surface area contributed by atoms with Gasteiger partial charge in [-0.3, -0.25) is 14.4 Å². The van der Waals surface area contributed by atoms with Crippen LogP contribution in [0.1, 0.15) is 57.3 Å². The molecule has 1 aromatic heterocycles. The number of hydrogen-bond acceptors (Lipinski definition) is 6. The summed E-state index contributed by atoms with van der Waals surface area (Å²) in [6, 6.07) is 7.42. The number of piperidine rings is 1. The zero-order valence-corrected chi connectivity index (χ0v) is 20.5. The molecule has 7 nitrogen and oxygen atoms in total. The number of hydrogen-bond donors (Lipinski definition) is 3. The predicted octanol–water partition coefficient (Wildman–Crippen LogP) is 3.42. The van der Waals surface area contributed by atoms with Crippen LogP contribution in [0, 0.1) is 24.2 Å². The number of aliphatic hydroxyl groups is 1. The Labute approximate surface area is 199 Å². The minimum Gasteiger partial charge on any atom is -0.396 e. The first-order chi connectivity index (χ1) is 15.6. The number of aromatic nitrogens is 1. The third-order valence-electron chi connectivity index (χ3n) is 5.92. The van der Waals surface area contributed by atoms with Crippen LogP contribution in [-0.2, 0) is 14.4 Å². The van der Waals surface area contributed by atoms with Gasteiger partial charge in [-0.1, -0.05) is 45.0 Å². The summed E-state index contributed by atoms with van der Waals surface area (Å²) in [6.07, 6.45) is 0.669. The van der Waals surface area contributed by atoms with Gasteiger partial charge in [0.25, 0.3) is 0 Å². The van der Waals surface area contributed by atoms with E-state index in [-0.39, 0.29) is 42.6 Å². The summed E-state index contributed by atoms with van der Waals surface area (Å²) >= 11 is 1.57. The van der Waals surface area contributed by atoms with Crippen molar-refractivity contribution in [3.8, 4) is 10.4 Å². The Morgan fingerprint density at radius 3 is 2.52 bits per heavy atom. The summed E-state index contributed by atoms with van der Waals surface area (Å²) in [6.45, 7) is 7.99. The number of aryl methyl sites for hydroxylation is 1. The van der Waals surface area contributed by atoms with E-state index in [2.05, 4.69) is 15.6 Å². The lowest BCUT2D eigenvalue weighted by Gasteiger charge is -2.32. The number of amides is 2. The van der Waals surface area contributed by atoms with Crippen molar-refractivity contribution >= 4 is 28.9 Å². The number of ketones is 1. The Hall–Kier alpha value is -2.58. The maximum absolute atomic E-state index is 13.2. The maximum atomic E-state index is 13.2. The highest BCUT2D eigenvalue weighted by atomic mass is 32.1. The van der Waals surface area contributed by atoms with Crippen molar-refractivity contribution in [1.82, 2.24) is 15.6 Å². The Morgan fingerprint density at radius 2 is 1.94 bits per heavy atom. The van der Waals surface area contributed by atoms with Gasteiger partial charge in [-0.2, -0.15) is 0 Å². The molecule has 1 fully saturated rings. The largest absolute Gasteiger partial charge is 0.396 e. The van der Waals surface area contributed by atoms with E-state index in [0.29, 0.717) is 12.8 Å². The quantitative estimate of drug-likeness (QED) is 0.547. The van der Waals surface area contributed by atoms with E-state index in [1.807, 2.05) is 57.5 Å². The molecule has 33 heavy (non-hydrogen) atoms. The highest BCUT2D eigenvalue weighted by Gasteiger charge is 2.40. The molecule has 0 aliphatic carbocycles. The summed E-state index contributed by atoms with van der Waals surface area (Å²) in [5.74, 6) is -1.82. The molecule has 1 aliphatic heterocycles. The Morgan fingerprint density at radius 1 is 1.24 bits per heavy atom. The standard InChI is InChI=1S/C25H33N3O4S/c1-15-23(33-14-27-15)17-7-5-16(6-8-17)20(9-10-29)28-24(32)18-11-22(31)26-13-19(18)21(30)12-25(2,3)4/h5-8,14,18-20,29H,9-13H2,1-4H3,(H,26,31)(H,28,32). The normalized spacial score (nSPS) is 19.6. The third-order valence-corrected chi connectivity index (χ3v) is 6.90. The van der Waals surface area contributed by atoms with E-state index < -0.39 is 17.9 Å². The van der Waals surface area contributed by atoms with Crippen molar-refractivity contribution in [2.75, 3.05) is 13.2 Å². The fourth-order valence-electron chi connectivity index (χ4n) is 4.22. The predicted molar refractivity (Wildman–Crippen MR) is 129 cm³/mol. The van der Waals surface area contributed by atoms with Crippen LogP contribution >= 0.6 is 11.3 Å². The van der Waals surface area contributed by atoms with Crippen molar-refractivity contribution < 1.29 is 19.5 Å². The highest BCUT2D eigenvalue weighted by molar-refractivity contribution is 7.13. The van der Waals surface area contributed by atoms with E-state index in [0.717, 1.165) is 21.7 Å². The number of rotatable bonds is 8. The first kappa shape index (κ1) is 25.1. The van der Waals surface area contributed by atoms with Gasteiger partial charge in [0.1, 0.15) is 5.78 Å². The fraction of sp³-hybridized carbons (Fsp3) is 0.520. The summed E-state index contributed by atoms with van der Waals surface area (Å²) in [5, 5.41) is 15.3. The molecular weight excluding hydrogens is 438 g/mol. The molecule has 3 unspecified atom stereocenters. The van der Waals surface area contributed by atoms with Crippen LogP contribution in [0.15, 0.2) is 29.8 Å². The lowest BCUT2D eigenvalue weighted by molar-refractivity contribution is -0.140. The van der Waals surface area contributed by atoms with Gasteiger partial charge in [0.05, 0.1) is 28.0 Å². The van der Waals surface area contributed by atoms with Crippen LogP contribution in [-0.4, -0.2) is 40.8 Å². The molecule has 178 valence electrons. The van der Waals surface area contributed by atoms with E-state index in [1.54, 1.807) is 11.3 Å². The van der Waals surface area contributed by atoms with Crippen molar-refractivity contribution in [2.45, 2.75) is 53.0 Å². The molecule has 0 saturated carbocycles. The molecule has 3 rings (SSSR count). The van der Waals surface area contributed by atoms with Gasteiger partial charge in [0, 0.05) is 31.9 Å².